The normalized spacial score (nSPS) is 25.6. The van der Waals surface area contributed by atoms with Gasteiger partial charge >= 0.3 is 0 Å². The first-order chi connectivity index (χ1) is 8.28. The molecule has 0 radical (unpaired) electrons. The Morgan fingerprint density at radius 3 is 2.28 bits per heavy atom. The van der Waals surface area contributed by atoms with Gasteiger partial charge in [0.2, 0.25) is 0 Å². The van der Waals surface area contributed by atoms with E-state index in [4.69, 9.17) is 4.74 Å². The number of carbonyl (C=O) groups is 1. The Balaban J connectivity index is 2.19. The van der Waals surface area contributed by atoms with Crippen molar-refractivity contribution < 1.29 is 9.53 Å². The molecular formula is C14H20N2O2. The summed E-state index contributed by atoms with van der Waals surface area (Å²) < 4.78 is 5.10. The Morgan fingerprint density at radius 1 is 1.28 bits per heavy atom. The lowest BCUT2D eigenvalue weighted by atomic mass is 9.95. The Labute approximate surface area is 108 Å². The van der Waals surface area contributed by atoms with Gasteiger partial charge in [-0.25, -0.2) is 9.97 Å². The van der Waals surface area contributed by atoms with Crippen LogP contribution in [0.4, 0.5) is 0 Å². The molecule has 2 atom stereocenters. The Kier molecular flexibility index (Phi) is 2.92. The first-order valence-corrected chi connectivity index (χ1v) is 6.20. The molecule has 98 valence electrons. The summed E-state index contributed by atoms with van der Waals surface area (Å²) in [5.74, 6) is 1.04. The van der Waals surface area contributed by atoms with Crippen LogP contribution in [0.5, 0.6) is 0 Å². The lowest BCUT2D eigenvalue weighted by Gasteiger charge is -2.16. The van der Waals surface area contributed by atoms with Crippen LogP contribution in [-0.4, -0.2) is 22.5 Å². The van der Waals surface area contributed by atoms with Crippen molar-refractivity contribution in [3.63, 3.8) is 0 Å². The molecule has 18 heavy (non-hydrogen) atoms. The largest absolute Gasteiger partial charge is 0.463 e. The third-order valence-corrected chi connectivity index (χ3v) is 3.63. The summed E-state index contributed by atoms with van der Waals surface area (Å²) in [6.45, 7) is 11.0. The predicted octanol–water partition coefficient (Wildman–Crippen LogP) is 2.44. The summed E-state index contributed by atoms with van der Waals surface area (Å²) in [6.07, 6.45) is 3.65. The molecule has 2 rings (SSSR count). The SMILES string of the molecule is CC(C)(C)c1ncc(C2C(OC=O)C2(C)C)cn1. The van der Waals surface area contributed by atoms with Crippen molar-refractivity contribution in [2.45, 2.75) is 52.1 Å². The molecule has 0 saturated heterocycles. The molecule has 1 heterocycles. The number of carbonyl (C=O) groups excluding carboxylic acids is 1. The number of rotatable bonds is 3. The molecule has 0 N–H and O–H groups in total. The summed E-state index contributed by atoms with van der Waals surface area (Å²) in [6, 6.07) is 0. The molecule has 4 nitrogen and oxygen atoms in total. The quantitative estimate of drug-likeness (QED) is 0.771. The maximum absolute atomic E-state index is 10.5. The van der Waals surface area contributed by atoms with Crippen LogP contribution < -0.4 is 0 Å². The highest BCUT2D eigenvalue weighted by Crippen LogP contribution is 2.60. The number of ether oxygens (including phenoxy) is 1. The number of hydrogen-bond acceptors (Lipinski definition) is 4. The Morgan fingerprint density at radius 2 is 1.83 bits per heavy atom. The molecule has 2 unspecified atom stereocenters. The van der Waals surface area contributed by atoms with Gasteiger partial charge < -0.3 is 4.74 Å². The van der Waals surface area contributed by atoms with Gasteiger partial charge in [0.1, 0.15) is 11.9 Å². The lowest BCUT2D eigenvalue weighted by molar-refractivity contribution is -0.130. The zero-order chi connectivity index (χ0) is 13.6. The summed E-state index contributed by atoms with van der Waals surface area (Å²) >= 11 is 0. The second kappa shape index (κ2) is 4.04. The van der Waals surface area contributed by atoms with Gasteiger partial charge in [0.25, 0.3) is 6.47 Å². The smallest absolute Gasteiger partial charge is 0.293 e. The Hall–Kier alpha value is -1.45. The van der Waals surface area contributed by atoms with E-state index < -0.39 is 0 Å². The molecule has 1 saturated carbocycles. The maximum atomic E-state index is 10.5. The molecule has 0 amide bonds. The van der Waals surface area contributed by atoms with Crippen LogP contribution in [0.15, 0.2) is 12.4 Å². The predicted molar refractivity (Wildman–Crippen MR) is 68.2 cm³/mol. The molecule has 0 aromatic carbocycles. The van der Waals surface area contributed by atoms with Crippen molar-refractivity contribution in [1.82, 2.24) is 9.97 Å². The van der Waals surface area contributed by atoms with E-state index in [1.807, 2.05) is 12.4 Å². The molecule has 0 spiro atoms. The van der Waals surface area contributed by atoms with Gasteiger partial charge in [0.05, 0.1) is 0 Å². The van der Waals surface area contributed by atoms with Gasteiger partial charge in [-0.3, -0.25) is 4.79 Å². The molecule has 1 aromatic heterocycles. The van der Waals surface area contributed by atoms with Crippen LogP contribution in [-0.2, 0) is 14.9 Å². The summed E-state index contributed by atoms with van der Waals surface area (Å²) in [7, 11) is 0. The van der Waals surface area contributed by atoms with Crippen LogP contribution in [0.1, 0.15) is 51.9 Å². The third kappa shape index (κ3) is 2.11. The molecule has 4 heteroatoms. The van der Waals surface area contributed by atoms with E-state index in [0.717, 1.165) is 11.4 Å². The maximum Gasteiger partial charge on any atom is 0.293 e. The minimum atomic E-state index is -0.0564. The fourth-order valence-corrected chi connectivity index (χ4v) is 2.39. The van der Waals surface area contributed by atoms with Crippen LogP contribution in [0.25, 0.3) is 0 Å². The first-order valence-electron chi connectivity index (χ1n) is 6.20. The number of hydrogen-bond donors (Lipinski definition) is 0. The molecule has 0 aliphatic heterocycles. The van der Waals surface area contributed by atoms with Crippen LogP contribution in [0.3, 0.4) is 0 Å². The van der Waals surface area contributed by atoms with Gasteiger partial charge in [0.15, 0.2) is 0 Å². The van der Waals surface area contributed by atoms with E-state index >= 15 is 0 Å². The van der Waals surface area contributed by atoms with Crippen molar-refractivity contribution in [2.75, 3.05) is 0 Å². The second-order valence-electron chi connectivity index (χ2n) is 6.54. The molecule has 1 aliphatic carbocycles. The standard InChI is InChI=1S/C14H20N2O2/c1-13(2,3)12-15-6-9(7-16-12)10-11(18-8-17)14(10,4)5/h6-8,10-11H,1-5H3. The van der Waals surface area contributed by atoms with Crippen molar-refractivity contribution in [3.05, 3.63) is 23.8 Å². The monoisotopic (exact) mass is 248 g/mol. The second-order valence-corrected chi connectivity index (χ2v) is 6.54. The highest BCUT2D eigenvalue weighted by atomic mass is 16.5. The van der Waals surface area contributed by atoms with Gasteiger partial charge in [-0.15, -0.1) is 0 Å². The molecule has 1 aromatic rings. The number of nitrogens with zero attached hydrogens (tertiary/aromatic N) is 2. The topological polar surface area (TPSA) is 52.1 Å². The van der Waals surface area contributed by atoms with E-state index in [-0.39, 0.29) is 22.9 Å². The minimum absolute atomic E-state index is 0.0203. The van der Waals surface area contributed by atoms with Gasteiger partial charge in [0, 0.05) is 29.1 Å². The molecule has 0 bridgehead atoms. The average molecular weight is 248 g/mol. The first kappa shape index (κ1) is 13.0. The lowest BCUT2D eigenvalue weighted by Crippen LogP contribution is -2.15. The van der Waals surface area contributed by atoms with Gasteiger partial charge in [-0.1, -0.05) is 34.6 Å². The molecular weight excluding hydrogens is 228 g/mol. The van der Waals surface area contributed by atoms with Crippen molar-refractivity contribution >= 4 is 6.47 Å². The van der Waals surface area contributed by atoms with Crippen LogP contribution >= 0.6 is 0 Å². The Bertz CT molecular complexity index is 446. The van der Waals surface area contributed by atoms with Gasteiger partial charge in [-0.2, -0.15) is 0 Å². The van der Waals surface area contributed by atoms with Gasteiger partial charge in [-0.05, 0) is 5.56 Å². The van der Waals surface area contributed by atoms with E-state index in [1.54, 1.807) is 0 Å². The van der Waals surface area contributed by atoms with E-state index in [1.165, 1.54) is 0 Å². The number of aromatic nitrogens is 2. The summed E-state index contributed by atoms with van der Waals surface area (Å²) in [5.41, 5.74) is 0.976. The van der Waals surface area contributed by atoms with E-state index in [2.05, 4.69) is 44.6 Å². The molecule has 1 aliphatic rings. The molecule has 1 fully saturated rings. The van der Waals surface area contributed by atoms with E-state index in [0.29, 0.717) is 6.47 Å². The fourth-order valence-electron chi connectivity index (χ4n) is 2.39. The van der Waals surface area contributed by atoms with Crippen LogP contribution in [0, 0.1) is 5.41 Å². The van der Waals surface area contributed by atoms with Crippen molar-refractivity contribution in [2.24, 2.45) is 5.41 Å². The van der Waals surface area contributed by atoms with Crippen molar-refractivity contribution in [1.29, 1.82) is 0 Å². The fraction of sp³-hybridized carbons (Fsp3) is 0.643. The summed E-state index contributed by atoms with van der Waals surface area (Å²) in [4.78, 5) is 19.3. The zero-order valence-electron chi connectivity index (χ0n) is 11.6. The average Bonchev–Trinajstić information content (AvgIpc) is 2.80. The highest BCUT2D eigenvalue weighted by Gasteiger charge is 2.61. The van der Waals surface area contributed by atoms with Crippen LogP contribution in [0.2, 0.25) is 0 Å². The van der Waals surface area contributed by atoms with E-state index in [9.17, 15) is 4.79 Å². The minimum Gasteiger partial charge on any atom is -0.463 e. The summed E-state index contributed by atoms with van der Waals surface area (Å²) in [5, 5.41) is 0. The zero-order valence-corrected chi connectivity index (χ0v) is 11.6. The van der Waals surface area contributed by atoms with Crippen molar-refractivity contribution in [3.8, 4) is 0 Å². The highest BCUT2D eigenvalue weighted by molar-refractivity contribution is 5.42. The third-order valence-electron chi connectivity index (χ3n) is 3.63.